The van der Waals surface area contributed by atoms with Gasteiger partial charge in [0.05, 0.1) is 5.52 Å². The number of ether oxygens (including phenoxy) is 1. The van der Waals surface area contributed by atoms with Crippen LogP contribution in [-0.2, 0) is 13.0 Å². The molecule has 4 aromatic rings. The first-order chi connectivity index (χ1) is 13.8. The first-order valence-electron chi connectivity index (χ1n) is 9.00. The third-order valence-electron chi connectivity index (χ3n) is 4.29. The lowest BCUT2D eigenvalue weighted by molar-refractivity contribution is 0.293. The molecule has 7 heteroatoms. The number of para-hydroxylation sites is 1. The zero-order valence-electron chi connectivity index (χ0n) is 15.2. The van der Waals surface area contributed by atoms with Crippen molar-refractivity contribution < 1.29 is 4.74 Å². The Balaban J connectivity index is 1.42. The first-order valence-corrected chi connectivity index (χ1v) is 9.00. The molecule has 3 N–H and O–H groups in total. The van der Waals surface area contributed by atoms with E-state index in [1.165, 1.54) is 0 Å². The van der Waals surface area contributed by atoms with Crippen molar-refractivity contribution in [2.75, 3.05) is 17.6 Å². The molecule has 0 amide bonds. The molecule has 2 aromatic carbocycles. The van der Waals surface area contributed by atoms with E-state index in [0.29, 0.717) is 24.7 Å². The smallest absolute Gasteiger partial charge is 0.166 e. The van der Waals surface area contributed by atoms with Gasteiger partial charge in [0, 0.05) is 30.0 Å². The standard InChI is InChI=1S/C21H20N6O/c22-16-6-7-18-17(12-16)21(27-14-26-18)25-11-8-15-4-1-2-5-19(15)28-13-20-23-9-3-10-24-20/h1-7,9-10,12,14H,8,11,13,22H2,(H,25,26,27). The first kappa shape index (κ1) is 17.7. The fourth-order valence-electron chi connectivity index (χ4n) is 2.93. The van der Waals surface area contributed by atoms with Crippen LogP contribution in [0.5, 0.6) is 5.75 Å². The van der Waals surface area contributed by atoms with Gasteiger partial charge in [0.25, 0.3) is 0 Å². The summed E-state index contributed by atoms with van der Waals surface area (Å²) in [5.74, 6) is 2.25. The van der Waals surface area contributed by atoms with Crippen LogP contribution in [0.2, 0.25) is 0 Å². The van der Waals surface area contributed by atoms with E-state index in [1.807, 2.05) is 36.4 Å². The average molecular weight is 372 g/mol. The summed E-state index contributed by atoms with van der Waals surface area (Å²) in [7, 11) is 0. The number of nitrogen functional groups attached to an aromatic ring is 1. The lowest BCUT2D eigenvalue weighted by atomic mass is 10.1. The SMILES string of the molecule is Nc1ccc2ncnc(NCCc3ccccc3OCc3ncccn3)c2c1. The van der Waals surface area contributed by atoms with Crippen LogP contribution in [0.15, 0.2) is 67.3 Å². The molecule has 0 aliphatic rings. The number of aromatic nitrogens is 4. The monoisotopic (exact) mass is 372 g/mol. The van der Waals surface area contributed by atoms with E-state index in [-0.39, 0.29) is 0 Å². The van der Waals surface area contributed by atoms with Gasteiger partial charge in [-0.05, 0) is 42.3 Å². The third-order valence-corrected chi connectivity index (χ3v) is 4.29. The van der Waals surface area contributed by atoms with Crippen molar-refractivity contribution in [3.63, 3.8) is 0 Å². The van der Waals surface area contributed by atoms with E-state index in [0.717, 1.165) is 34.5 Å². The van der Waals surface area contributed by atoms with Crippen molar-refractivity contribution >= 4 is 22.4 Å². The summed E-state index contributed by atoms with van der Waals surface area (Å²) in [5.41, 5.74) is 8.55. The molecule has 0 saturated carbocycles. The number of hydrogen-bond donors (Lipinski definition) is 2. The van der Waals surface area contributed by atoms with E-state index in [4.69, 9.17) is 10.5 Å². The van der Waals surface area contributed by atoms with Crippen LogP contribution >= 0.6 is 0 Å². The average Bonchev–Trinajstić information content (AvgIpc) is 2.74. The quantitative estimate of drug-likeness (QED) is 0.481. The van der Waals surface area contributed by atoms with E-state index < -0.39 is 0 Å². The molecule has 0 saturated heterocycles. The Bertz CT molecular complexity index is 1070. The van der Waals surface area contributed by atoms with E-state index in [2.05, 4.69) is 31.3 Å². The Morgan fingerprint density at radius 1 is 0.929 bits per heavy atom. The van der Waals surface area contributed by atoms with Gasteiger partial charge in [-0.25, -0.2) is 19.9 Å². The lowest BCUT2D eigenvalue weighted by Crippen LogP contribution is -2.09. The molecule has 0 radical (unpaired) electrons. The van der Waals surface area contributed by atoms with Gasteiger partial charge in [-0.1, -0.05) is 18.2 Å². The van der Waals surface area contributed by atoms with Crippen molar-refractivity contribution in [2.45, 2.75) is 13.0 Å². The molecule has 4 rings (SSSR count). The fraction of sp³-hybridized carbons (Fsp3) is 0.143. The van der Waals surface area contributed by atoms with Crippen molar-refractivity contribution in [3.05, 3.63) is 78.6 Å². The largest absolute Gasteiger partial charge is 0.485 e. The predicted octanol–water partition coefficient (Wildman–Crippen LogP) is 3.24. The highest BCUT2D eigenvalue weighted by atomic mass is 16.5. The Morgan fingerprint density at radius 3 is 2.68 bits per heavy atom. The van der Waals surface area contributed by atoms with Crippen LogP contribution in [0.4, 0.5) is 11.5 Å². The van der Waals surface area contributed by atoms with Gasteiger partial charge in [-0.15, -0.1) is 0 Å². The molecule has 0 spiro atoms. The van der Waals surface area contributed by atoms with Crippen LogP contribution in [-0.4, -0.2) is 26.5 Å². The Morgan fingerprint density at radius 2 is 1.79 bits per heavy atom. The second-order valence-corrected chi connectivity index (χ2v) is 6.24. The molecule has 0 unspecified atom stereocenters. The van der Waals surface area contributed by atoms with E-state index in [1.54, 1.807) is 24.8 Å². The highest BCUT2D eigenvalue weighted by molar-refractivity contribution is 5.91. The van der Waals surface area contributed by atoms with E-state index >= 15 is 0 Å². The topological polar surface area (TPSA) is 98.8 Å². The highest BCUT2D eigenvalue weighted by Gasteiger charge is 2.07. The summed E-state index contributed by atoms with van der Waals surface area (Å²) >= 11 is 0. The third kappa shape index (κ3) is 4.15. The fourth-order valence-corrected chi connectivity index (χ4v) is 2.93. The summed E-state index contributed by atoms with van der Waals surface area (Å²) in [6.45, 7) is 1.03. The molecule has 7 nitrogen and oxygen atoms in total. The van der Waals surface area contributed by atoms with Crippen LogP contribution in [0.1, 0.15) is 11.4 Å². The predicted molar refractivity (Wildman–Crippen MR) is 109 cm³/mol. The number of nitrogens with two attached hydrogens (primary N) is 1. The normalized spacial score (nSPS) is 10.7. The molecule has 140 valence electrons. The van der Waals surface area contributed by atoms with Crippen LogP contribution in [0.3, 0.4) is 0 Å². The Kier molecular flexibility index (Phi) is 5.24. The molecule has 0 fully saturated rings. The maximum absolute atomic E-state index is 5.92. The van der Waals surface area contributed by atoms with Gasteiger partial charge in [-0.2, -0.15) is 0 Å². The van der Waals surface area contributed by atoms with Gasteiger partial charge in [0.1, 0.15) is 24.5 Å². The molecule has 28 heavy (non-hydrogen) atoms. The number of anilines is 2. The van der Waals surface area contributed by atoms with Crippen LogP contribution in [0, 0.1) is 0 Å². The summed E-state index contributed by atoms with van der Waals surface area (Å²) < 4.78 is 5.92. The number of rotatable bonds is 7. The molecule has 0 atom stereocenters. The summed E-state index contributed by atoms with van der Waals surface area (Å²) in [6.07, 6.45) is 5.75. The lowest BCUT2D eigenvalue weighted by Gasteiger charge is -2.12. The number of hydrogen-bond acceptors (Lipinski definition) is 7. The van der Waals surface area contributed by atoms with Gasteiger partial charge < -0.3 is 15.8 Å². The molecule has 0 aliphatic carbocycles. The van der Waals surface area contributed by atoms with Crippen molar-refractivity contribution in [1.29, 1.82) is 0 Å². The Hall–Kier alpha value is -3.74. The van der Waals surface area contributed by atoms with Gasteiger partial charge >= 0.3 is 0 Å². The molecule has 2 heterocycles. The van der Waals surface area contributed by atoms with Gasteiger partial charge in [-0.3, -0.25) is 0 Å². The molecule has 0 aliphatic heterocycles. The van der Waals surface area contributed by atoms with Crippen LogP contribution < -0.4 is 15.8 Å². The summed E-state index contributed by atoms with van der Waals surface area (Å²) in [6, 6.07) is 15.4. The number of nitrogens with zero attached hydrogens (tertiary/aromatic N) is 4. The zero-order valence-corrected chi connectivity index (χ0v) is 15.2. The molecular weight excluding hydrogens is 352 g/mol. The summed E-state index contributed by atoms with van der Waals surface area (Å²) in [5, 5.41) is 4.29. The number of benzene rings is 2. The minimum Gasteiger partial charge on any atom is -0.485 e. The number of nitrogens with one attached hydrogen (secondary N) is 1. The molecule has 0 bridgehead atoms. The minimum absolute atomic E-state index is 0.334. The maximum atomic E-state index is 5.92. The zero-order chi connectivity index (χ0) is 19.2. The minimum atomic E-state index is 0.334. The van der Waals surface area contributed by atoms with Crippen molar-refractivity contribution in [2.24, 2.45) is 0 Å². The second kappa shape index (κ2) is 8.30. The maximum Gasteiger partial charge on any atom is 0.166 e. The highest BCUT2D eigenvalue weighted by Crippen LogP contribution is 2.23. The second-order valence-electron chi connectivity index (χ2n) is 6.24. The van der Waals surface area contributed by atoms with E-state index in [9.17, 15) is 0 Å². The molecule has 2 aromatic heterocycles. The van der Waals surface area contributed by atoms with Crippen molar-refractivity contribution in [3.8, 4) is 5.75 Å². The number of fused-ring (bicyclic) bond motifs is 1. The summed E-state index contributed by atoms with van der Waals surface area (Å²) in [4.78, 5) is 17.0. The van der Waals surface area contributed by atoms with Crippen molar-refractivity contribution in [1.82, 2.24) is 19.9 Å². The van der Waals surface area contributed by atoms with Gasteiger partial charge in [0.2, 0.25) is 0 Å². The molecular formula is C21H20N6O. The Labute approximate surface area is 162 Å². The van der Waals surface area contributed by atoms with Gasteiger partial charge in [0.15, 0.2) is 5.82 Å². The van der Waals surface area contributed by atoms with Crippen LogP contribution in [0.25, 0.3) is 10.9 Å².